The van der Waals surface area contributed by atoms with Crippen LogP contribution in [0.2, 0.25) is 0 Å². The standard InChI is InChI=1S/C21H18INO2/c22-18-11-13-19(14-12-18)25-15-20(24)23-21(16-7-3-1-4-8-16)17-9-5-2-6-10-17/h1-14,21H,15H2,(H,23,24). The minimum Gasteiger partial charge on any atom is -0.484 e. The molecule has 3 aromatic rings. The molecule has 0 aliphatic heterocycles. The Balaban J connectivity index is 1.69. The summed E-state index contributed by atoms with van der Waals surface area (Å²) in [5, 5.41) is 3.07. The van der Waals surface area contributed by atoms with Crippen molar-refractivity contribution in [2.24, 2.45) is 0 Å². The van der Waals surface area contributed by atoms with E-state index in [-0.39, 0.29) is 18.6 Å². The molecular formula is C21H18INO2. The van der Waals surface area contributed by atoms with Gasteiger partial charge in [-0.2, -0.15) is 0 Å². The molecule has 1 amide bonds. The van der Waals surface area contributed by atoms with Gasteiger partial charge >= 0.3 is 0 Å². The second-order valence-corrected chi connectivity index (χ2v) is 6.81. The fourth-order valence-corrected chi connectivity index (χ4v) is 2.89. The van der Waals surface area contributed by atoms with E-state index in [9.17, 15) is 4.79 Å². The first-order valence-electron chi connectivity index (χ1n) is 8.00. The van der Waals surface area contributed by atoms with Crippen molar-refractivity contribution in [3.63, 3.8) is 0 Å². The van der Waals surface area contributed by atoms with Crippen LogP contribution in [-0.4, -0.2) is 12.5 Å². The van der Waals surface area contributed by atoms with Crippen molar-refractivity contribution >= 4 is 28.5 Å². The number of nitrogens with one attached hydrogen (secondary N) is 1. The monoisotopic (exact) mass is 443 g/mol. The maximum Gasteiger partial charge on any atom is 0.258 e. The molecule has 4 heteroatoms. The number of halogens is 1. The van der Waals surface area contributed by atoms with Crippen molar-refractivity contribution in [1.29, 1.82) is 0 Å². The van der Waals surface area contributed by atoms with Gasteiger partial charge in [-0.1, -0.05) is 60.7 Å². The van der Waals surface area contributed by atoms with E-state index in [1.165, 1.54) is 0 Å². The van der Waals surface area contributed by atoms with Crippen LogP contribution in [0.5, 0.6) is 5.75 Å². The molecule has 0 bridgehead atoms. The van der Waals surface area contributed by atoms with Gasteiger partial charge in [0.25, 0.3) is 5.91 Å². The molecule has 126 valence electrons. The summed E-state index contributed by atoms with van der Waals surface area (Å²) >= 11 is 2.23. The van der Waals surface area contributed by atoms with Crippen LogP contribution >= 0.6 is 22.6 Å². The Labute approximate surface area is 161 Å². The first-order valence-corrected chi connectivity index (χ1v) is 9.08. The molecule has 0 aliphatic rings. The number of hydrogen-bond acceptors (Lipinski definition) is 2. The smallest absolute Gasteiger partial charge is 0.258 e. The van der Waals surface area contributed by atoms with Gasteiger partial charge in [-0.15, -0.1) is 0 Å². The van der Waals surface area contributed by atoms with Gasteiger partial charge < -0.3 is 10.1 Å². The van der Waals surface area contributed by atoms with E-state index >= 15 is 0 Å². The van der Waals surface area contributed by atoms with Crippen LogP contribution in [0.15, 0.2) is 84.9 Å². The number of amides is 1. The minimum absolute atomic E-state index is 0.0171. The second-order valence-electron chi connectivity index (χ2n) is 5.56. The maximum absolute atomic E-state index is 12.4. The number of hydrogen-bond donors (Lipinski definition) is 1. The Morgan fingerprint density at radius 3 is 1.88 bits per heavy atom. The molecule has 0 aliphatic carbocycles. The average molecular weight is 443 g/mol. The van der Waals surface area contributed by atoms with Gasteiger partial charge in [-0.05, 0) is 58.0 Å². The van der Waals surface area contributed by atoms with Crippen LogP contribution in [0.4, 0.5) is 0 Å². The fraction of sp³-hybridized carbons (Fsp3) is 0.0952. The minimum atomic E-state index is -0.199. The highest BCUT2D eigenvalue weighted by molar-refractivity contribution is 14.1. The molecular weight excluding hydrogens is 425 g/mol. The van der Waals surface area contributed by atoms with E-state index in [1.807, 2.05) is 84.9 Å². The van der Waals surface area contributed by atoms with E-state index < -0.39 is 0 Å². The SMILES string of the molecule is O=C(COc1ccc(I)cc1)NC(c1ccccc1)c1ccccc1. The molecule has 3 rings (SSSR count). The van der Waals surface area contributed by atoms with Gasteiger partial charge in [0.1, 0.15) is 5.75 Å². The van der Waals surface area contributed by atoms with E-state index in [4.69, 9.17) is 4.74 Å². The molecule has 0 saturated heterocycles. The zero-order valence-electron chi connectivity index (χ0n) is 13.6. The Morgan fingerprint density at radius 2 is 1.36 bits per heavy atom. The largest absolute Gasteiger partial charge is 0.484 e. The second kappa shape index (κ2) is 8.67. The van der Waals surface area contributed by atoms with Crippen molar-refractivity contribution in [1.82, 2.24) is 5.32 Å². The normalized spacial score (nSPS) is 10.5. The van der Waals surface area contributed by atoms with Crippen LogP contribution in [0, 0.1) is 3.57 Å². The Morgan fingerprint density at radius 1 is 0.840 bits per heavy atom. The van der Waals surface area contributed by atoms with E-state index in [0.29, 0.717) is 5.75 Å². The van der Waals surface area contributed by atoms with Crippen LogP contribution in [-0.2, 0) is 4.79 Å². The third-order valence-corrected chi connectivity index (χ3v) is 4.47. The van der Waals surface area contributed by atoms with E-state index in [2.05, 4.69) is 27.9 Å². The highest BCUT2D eigenvalue weighted by Crippen LogP contribution is 2.21. The molecule has 0 unspecified atom stereocenters. The van der Waals surface area contributed by atoms with Gasteiger partial charge in [0.05, 0.1) is 6.04 Å². The Kier molecular flexibility index (Phi) is 6.06. The highest BCUT2D eigenvalue weighted by atomic mass is 127. The predicted molar refractivity (Wildman–Crippen MR) is 108 cm³/mol. The summed E-state index contributed by atoms with van der Waals surface area (Å²) in [6, 6.07) is 27.3. The van der Waals surface area contributed by atoms with Gasteiger partial charge in [0, 0.05) is 3.57 Å². The van der Waals surface area contributed by atoms with Crippen molar-refractivity contribution in [3.8, 4) is 5.75 Å². The van der Waals surface area contributed by atoms with Crippen molar-refractivity contribution < 1.29 is 9.53 Å². The summed E-state index contributed by atoms with van der Waals surface area (Å²) in [6.45, 7) is -0.0171. The summed E-state index contributed by atoms with van der Waals surface area (Å²) in [4.78, 5) is 12.4. The molecule has 0 aromatic heterocycles. The number of carbonyl (C=O) groups is 1. The molecule has 0 spiro atoms. The summed E-state index contributed by atoms with van der Waals surface area (Å²) in [5.41, 5.74) is 2.08. The maximum atomic E-state index is 12.4. The van der Waals surface area contributed by atoms with Gasteiger partial charge in [-0.3, -0.25) is 4.79 Å². The lowest BCUT2D eigenvalue weighted by Crippen LogP contribution is -2.33. The molecule has 25 heavy (non-hydrogen) atoms. The lowest BCUT2D eigenvalue weighted by Gasteiger charge is -2.20. The summed E-state index contributed by atoms with van der Waals surface area (Å²) in [6.07, 6.45) is 0. The lowest BCUT2D eigenvalue weighted by molar-refractivity contribution is -0.123. The zero-order valence-corrected chi connectivity index (χ0v) is 15.7. The molecule has 0 saturated carbocycles. The van der Waals surface area contributed by atoms with E-state index in [0.717, 1.165) is 14.7 Å². The molecule has 3 aromatic carbocycles. The van der Waals surface area contributed by atoms with Gasteiger partial charge in [0.2, 0.25) is 0 Å². The summed E-state index contributed by atoms with van der Waals surface area (Å²) in [5.74, 6) is 0.530. The van der Waals surface area contributed by atoms with Crippen LogP contribution in [0.3, 0.4) is 0 Å². The molecule has 0 fully saturated rings. The van der Waals surface area contributed by atoms with Crippen LogP contribution in [0.25, 0.3) is 0 Å². The summed E-state index contributed by atoms with van der Waals surface area (Å²) < 4.78 is 6.71. The number of ether oxygens (including phenoxy) is 1. The third-order valence-electron chi connectivity index (χ3n) is 3.75. The van der Waals surface area contributed by atoms with E-state index in [1.54, 1.807) is 0 Å². The van der Waals surface area contributed by atoms with Crippen molar-refractivity contribution in [3.05, 3.63) is 99.6 Å². The molecule has 0 atom stereocenters. The first-order chi connectivity index (χ1) is 12.2. The molecule has 1 N–H and O–H groups in total. The topological polar surface area (TPSA) is 38.3 Å². The molecule has 0 heterocycles. The van der Waals surface area contributed by atoms with Crippen LogP contribution in [0.1, 0.15) is 17.2 Å². The van der Waals surface area contributed by atoms with Crippen LogP contribution < -0.4 is 10.1 Å². The van der Waals surface area contributed by atoms with Crippen molar-refractivity contribution in [2.45, 2.75) is 6.04 Å². The lowest BCUT2D eigenvalue weighted by atomic mass is 9.99. The predicted octanol–water partition coefficient (Wildman–Crippen LogP) is 4.58. The quantitative estimate of drug-likeness (QED) is 0.567. The Bertz CT molecular complexity index is 765. The number of carbonyl (C=O) groups excluding carboxylic acids is 1. The zero-order chi connectivity index (χ0) is 17.5. The average Bonchev–Trinajstić information content (AvgIpc) is 2.67. The number of benzene rings is 3. The fourth-order valence-electron chi connectivity index (χ4n) is 2.53. The van der Waals surface area contributed by atoms with Crippen molar-refractivity contribution in [2.75, 3.05) is 6.61 Å². The van der Waals surface area contributed by atoms with Gasteiger partial charge in [-0.25, -0.2) is 0 Å². The number of rotatable bonds is 6. The molecule has 0 radical (unpaired) electrons. The summed E-state index contributed by atoms with van der Waals surface area (Å²) in [7, 11) is 0. The Hall–Kier alpha value is -2.34. The molecule has 3 nitrogen and oxygen atoms in total. The first kappa shape index (κ1) is 17.5. The van der Waals surface area contributed by atoms with Gasteiger partial charge in [0.15, 0.2) is 6.61 Å². The highest BCUT2D eigenvalue weighted by Gasteiger charge is 2.16. The third kappa shape index (κ3) is 5.06.